The summed E-state index contributed by atoms with van der Waals surface area (Å²) in [5.74, 6) is 0.186. The second-order valence-corrected chi connectivity index (χ2v) is 6.61. The van der Waals surface area contributed by atoms with Crippen molar-refractivity contribution in [2.24, 2.45) is 11.1 Å². The van der Waals surface area contributed by atoms with Crippen LogP contribution in [-0.4, -0.2) is 42.5 Å². The number of rotatable bonds is 3. The number of nitrogens with two attached hydrogens (primary N) is 1. The minimum Gasteiger partial charge on any atom is -0.352 e. The molecule has 2 aliphatic rings. The van der Waals surface area contributed by atoms with Gasteiger partial charge in [0.1, 0.15) is 0 Å². The molecule has 0 spiro atoms. The molecule has 0 radical (unpaired) electrons. The lowest BCUT2D eigenvalue weighted by atomic mass is 9.87. The number of hydrogen-bond donors (Lipinski definition) is 2. The molecular formula is C14H27N3O. The van der Waals surface area contributed by atoms with Crippen molar-refractivity contribution in [3.05, 3.63) is 0 Å². The van der Waals surface area contributed by atoms with Gasteiger partial charge < -0.3 is 11.1 Å². The van der Waals surface area contributed by atoms with E-state index >= 15 is 0 Å². The van der Waals surface area contributed by atoms with Gasteiger partial charge in [-0.1, -0.05) is 20.3 Å². The molecule has 0 aromatic heterocycles. The van der Waals surface area contributed by atoms with Crippen LogP contribution >= 0.6 is 0 Å². The third-order valence-electron chi connectivity index (χ3n) is 4.59. The van der Waals surface area contributed by atoms with Crippen molar-refractivity contribution in [1.82, 2.24) is 10.2 Å². The number of nitrogens with one attached hydrogen (secondary N) is 1. The standard InChI is InChI=1S/C14H27N3O/c1-14(2)7-3-4-12(14)16-13(18)10-17-8-5-11(15)6-9-17/h11-12H,3-10,15H2,1-2H3,(H,16,18). The summed E-state index contributed by atoms with van der Waals surface area (Å²) >= 11 is 0. The van der Waals surface area contributed by atoms with E-state index in [1.54, 1.807) is 0 Å². The van der Waals surface area contributed by atoms with Crippen molar-refractivity contribution < 1.29 is 4.79 Å². The summed E-state index contributed by atoms with van der Waals surface area (Å²) < 4.78 is 0. The molecule has 4 nitrogen and oxygen atoms in total. The lowest BCUT2D eigenvalue weighted by Crippen LogP contribution is -2.48. The van der Waals surface area contributed by atoms with E-state index < -0.39 is 0 Å². The molecule has 1 aliphatic carbocycles. The summed E-state index contributed by atoms with van der Waals surface area (Å²) in [4.78, 5) is 14.3. The quantitative estimate of drug-likeness (QED) is 0.792. The Morgan fingerprint density at radius 2 is 2.00 bits per heavy atom. The third kappa shape index (κ3) is 3.45. The van der Waals surface area contributed by atoms with Crippen LogP contribution in [-0.2, 0) is 4.79 Å². The Morgan fingerprint density at radius 3 is 2.56 bits per heavy atom. The minimum atomic E-state index is 0.186. The summed E-state index contributed by atoms with van der Waals surface area (Å²) in [6.45, 7) is 6.97. The highest BCUT2D eigenvalue weighted by molar-refractivity contribution is 5.78. The largest absolute Gasteiger partial charge is 0.352 e. The van der Waals surface area contributed by atoms with Crippen molar-refractivity contribution in [1.29, 1.82) is 0 Å². The number of hydrogen-bond acceptors (Lipinski definition) is 3. The smallest absolute Gasteiger partial charge is 0.234 e. The van der Waals surface area contributed by atoms with Gasteiger partial charge in [0.05, 0.1) is 6.54 Å². The van der Waals surface area contributed by atoms with Gasteiger partial charge in [-0.3, -0.25) is 9.69 Å². The minimum absolute atomic E-state index is 0.186. The van der Waals surface area contributed by atoms with E-state index in [2.05, 4.69) is 24.1 Å². The zero-order chi connectivity index (χ0) is 13.2. The fourth-order valence-electron chi connectivity index (χ4n) is 3.15. The molecule has 1 saturated carbocycles. The highest BCUT2D eigenvalue weighted by atomic mass is 16.2. The number of carbonyl (C=O) groups excluding carboxylic acids is 1. The highest BCUT2D eigenvalue weighted by Gasteiger charge is 2.35. The first-order chi connectivity index (χ1) is 8.47. The molecule has 1 heterocycles. The summed E-state index contributed by atoms with van der Waals surface area (Å²) in [5.41, 5.74) is 6.13. The zero-order valence-electron chi connectivity index (χ0n) is 11.7. The van der Waals surface area contributed by atoms with Gasteiger partial charge in [-0.25, -0.2) is 0 Å². The third-order valence-corrected chi connectivity index (χ3v) is 4.59. The van der Waals surface area contributed by atoms with Crippen molar-refractivity contribution in [2.75, 3.05) is 19.6 Å². The van der Waals surface area contributed by atoms with E-state index in [-0.39, 0.29) is 11.3 Å². The van der Waals surface area contributed by atoms with E-state index in [1.807, 2.05) is 0 Å². The van der Waals surface area contributed by atoms with Gasteiger partial charge in [-0.05, 0) is 31.1 Å². The van der Waals surface area contributed by atoms with Crippen LogP contribution in [0.3, 0.4) is 0 Å². The van der Waals surface area contributed by atoms with Crippen molar-refractivity contribution >= 4 is 5.91 Å². The first-order valence-corrected chi connectivity index (χ1v) is 7.25. The Morgan fingerprint density at radius 1 is 1.33 bits per heavy atom. The predicted octanol–water partition coefficient (Wildman–Crippen LogP) is 1.10. The lowest BCUT2D eigenvalue weighted by Gasteiger charge is -2.32. The van der Waals surface area contributed by atoms with Gasteiger partial charge >= 0.3 is 0 Å². The second kappa shape index (κ2) is 5.57. The van der Waals surface area contributed by atoms with E-state index in [4.69, 9.17) is 5.73 Å². The van der Waals surface area contributed by atoms with E-state index in [0.717, 1.165) is 32.4 Å². The van der Waals surface area contributed by atoms with Gasteiger partial charge in [0, 0.05) is 25.2 Å². The second-order valence-electron chi connectivity index (χ2n) is 6.61. The number of nitrogens with zero attached hydrogens (tertiary/aromatic N) is 1. The molecule has 104 valence electrons. The van der Waals surface area contributed by atoms with Crippen LogP contribution in [0.15, 0.2) is 0 Å². The molecule has 1 saturated heterocycles. The van der Waals surface area contributed by atoms with Crippen LogP contribution in [0.4, 0.5) is 0 Å². The van der Waals surface area contributed by atoms with Crippen molar-refractivity contribution in [3.8, 4) is 0 Å². The molecule has 18 heavy (non-hydrogen) atoms. The fourth-order valence-corrected chi connectivity index (χ4v) is 3.15. The summed E-state index contributed by atoms with van der Waals surface area (Å²) in [7, 11) is 0. The van der Waals surface area contributed by atoms with E-state index in [0.29, 0.717) is 18.6 Å². The fraction of sp³-hybridized carbons (Fsp3) is 0.929. The van der Waals surface area contributed by atoms with Gasteiger partial charge in [-0.15, -0.1) is 0 Å². The first-order valence-electron chi connectivity index (χ1n) is 7.25. The Hall–Kier alpha value is -0.610. The van der Waals surface area contributed by atoms with E-state index in [1.165, 1.54) is 12.8 Å². The Bertz CT molecular complexity index is 295. The Balaban J connectivity index is 1.75. The summed E-state index contributed by atoms with van der Waals surface area (Å²) in [5, 5.41) is 3.22. The van der Waals surface area contributed by atoms with Gasteiger partial charge in [0.25, 0.3) is 0 Å². The van der Waals surface area contributed by atoms with Gasteiger partial charge in [0.15, 0.2) is 0 Å². The molecule has 1 aliphatic heterocycles. The molecule has 1 unspecified atom stereocenters. The molecule has 2 rings (SSSR count). The Labute approximate surface area is 110 Å². The maximum absolute atomic E-state index is 12.1. The molecule has 2 fully saturated rings. The Kier molecular flexibility index (Phi) is 4.28. The molecule has 4 heteroatoms. The number of piperidine rings is 1. The van der Waals surface area contributed by atoms with Crippen molar-refractivity contribution in [3.63, 3.8) is 0 Å². The van der Waals surface area contributed by atoms with Crippen LogP contribution in [0.2, 0.25) is 0 Å². The van der Waals surface area contributed by atoms with Crippen LogP contribution in [0.5, 0.6) is 0 Å². The first kappa shape index (κ1) is 13.8. The molecule has 1 atom stereocenters. The van der Waals surface area contributed by atoms with Gasteiger partial charge in [-0.2, -0.15) is 0 Å². The lowest BCUT2D eigenvalue weighted by molar-refractivity contribution is -0.123. The normalized spacial score (nSPS) is 29.4. The molecule has 0 bridgehead atoms. The summed E-state index contributed by atoms with van der Waals surface area (Å²) in [6.07, 6.45) is 5.61. The SMILES string of the molecule is CC1(C)CCCC1NC(=O)CN1CCC(N)CC1. The van der Waals surface area contributed by atoms with E-state index in [9.17, 15) is 4.79 Å². The number of likely N-dealkylation sites (tertiary alicyclic amines) is 1. The van der Waals surface area contributed by atoms with Gasteiger partial charge in [0.2, 0.25) is 5.91 Å². The average Bonchev–Trinajstić information content (AvgIpc) is 2.62. The molecule has 0 aromatic rings. The summed E-state index contributed by atoms with van der Waals surface area (Å²) in [6, 6.07) is 0.690. The number of amides is 1. The van der Waals surface area contributed by atoms with Crippen LogP contribution in [0, 0.1) is 5.41 Å². The van der Waals surface area contributed by atoms with Crippen LogP contribution in [0.1, 0.15) is 46.0 Å². The molecule has 3 N–H and O–H groups in total. The highest BCUT2D eigenvalue weighted by Crippen LogP contribution is 2.37. The average molecular weight is 253 g/mol. The monoisotopic (exact) mass is 253 g/mol. The molecule has 1 amide bonds. The topological polar surface area (TPSA) is 58.4 Å². The molecular weight excluding hydrogens is 226 g/mol. The predicted molar refractivity (Wildman–Crippen MR) is 73.2 cm³/mol. The maximum Gasteiger partial charge on any atom is 0.234 e. The number of carbonyl (C=O) groups is 1. The van der Waals surface area contributed by atoms with Crippen LogP contribution < -0.4 is 11.1 Å². The molecule has 0 aromatic carbocycles. The zero-order valence-corrected chi connectivity index (χ0v) is 11.7. The maximum atomic E-state index is 12.1. The van der Waals surface area contributed by atoms with Crippen molar-refractivity contribution in [2.45, 2.75) is 58.0 Å². The van der Waals surface area contributed by atoms with Crippen LogP contribution in [0.25, 0.3) is 0 Å².